The molecule has 0 fully saturated rings. The van der Waals surface area contributed by atoms with Crippen LogP contribution in [-0.4, -0.2) is 4.94 Å². The Morgan fingerprint density at radius 1 is 0.476 bits per heavy atom. The van der Waals surface area contributed by atoms with E-state index in [0.717, 1.165) is 0 Å². The number of benzene rings is 5. The van der Waals surface area contributed by atoms with Gasteiger partial charge in [0.25, 0.3) is 0 Å². The summed E-state index contributed by atoms with van der Waals surface area (Å²) >= 11 is -3.60. The van der Waals surface area contributed by atoms with Crippen LogP contribution in [0.5, 0.6) is 0 Å². The maximum absolute atomic E-state index is 5.44. The summed E-state index contributed by atoms with van der Waals surface area (Å²) in [7, 11) is 0. The molecule has 0 radical (unpaired) electrons. The van der Waals surface area contributed by atoms with E-state index in [9.17, 15) is 0 Å². The third-order valence-electron chi connectivity index (χ3n) is 9.07. The summed E-state index contributed by atoms with van der Waals surface area (Å²) < 4.78 is 2.20. The Balaban J connectivity index is 0.00000176. The Bertz CT molecular complexity index is 1730. The van der Waals surface area contributed by atoms with E-state index in [-0.39, 0.29) is 24.8 Å². The normalized spacial score (nSPS) is 17.9. The van der Waals surface area contributed by atoms with Gasteiger partial charge in [-0.1, -0.05) is 0 Å². The molecule has 0 amide bonds. The molecule has 5 aromatic carbocycles. The van der Waals surface area contributed by atoms with Gasteiger partial charge in [0.1, 0.15) is 0 Å². The van der Waals surface area contributed by atoms with Crippen molar-refractivity contribution in [1.82, 2.24) is 0 Å². The van der Waals surface area contributed by atoms with Crippen molar-refractivity contribution in [1.29, 1.82) is 0 Å². The minimum absolute atomic E-state index is 0. The zero-order valence-corrected chi connectivity index (χ0v) is 28.0. The molecule has 0 spiro atoms. The molecule has 207 valence electrons. The molecule has 0 aromatic heterocycles. The van der Waals surface area contributed by atoms with Crippen molar-refractivity contribution in [3.8, 4) is 22.3 Å². The number of hydrogen-bond acceptors (Lipinski definition) is 0. The molecule has 0 heterocycles. The molecule has 2 atom stereocenters. The summed E-state index contributed by atoms with van der Waals surface area (Å²) in [5, 5.41) is 0. The van der Waals surface area contributed by atoms with Crippen molar-refractivity contribution in [3.63, 3.8) is 0 Å². The van der Waals surface area contributed by atoms with E-state index in [4.69, 9.17) is 4.94 Å². The van der Waals surface area contributed by atoms with E-state index in [1.54, 1.807) is 0 Å². The fourth-order valence-electron chi connectivity index (χ4n) is 7.46. The van der Waals surface area contributed by atoms with Crippen molar-refractivity contribution in [2.24, 2.45) is 0 Å². The summed E-state index contributed by atoms with van der Waals surface area (Å²) in [6.07, 6.45) is 4.94. The van der Waals surface area contributed by atoms with Crippen molar-refractivity contribution < 1.29 is 19.5 Å². The van der Waals surface area contributed by atoms with Gasteiger partial charge < -0.3 is 0 Å². The first-order valence-corrected chi connectivity index (χ1v) is 20.0. The average Bonchev–Trinajstić information content (AvgIpc) is 3.54. The van der Waals surface area contributed by atoms with E-state index in [1.807, 2.05) is 0 Å². The standard InChI is InChI=1S/2C16H13.C6H5.BH.2ClH.Zr/c2*1-12-10-14-8-5-9-15(16(14)11-12)13-6-3-2-4-7-13;1-2-4-6-5-3-1;;;;/h2*2-11H,1H3;1-5H;3*1H;. The number of halogens is 2. The summed E-state index contributed by atoms with van der Waals surface area (Å²) in [6, 6.07) is 46.9. The predicted octanol–water partition coefficient (Wildman–Crippen LogP) is 9.78. The van der Waals surface area contributed by atoms with E-state index in [1.165, 1.54) is 58.9 Å². The molecule has 2 unspecified atom stereocenters. The van der Waals surface area contributed by atoms with E-state index in [2.05, 4.69) is 153 Å². The predicted molar refractivity (Wildman–Crippen MR) is 184 cm³/mol. The third-order valence-corrected chi connectivity index (χ3v) is 21.4. The van der Waals surface area contributed by atoms with Crippen molar-refractivity contribution in [2.45, 2.75) is 21.1 Å². The molecule has 2 aliphatic rings. The Labute approximate surface area is 267 Å². The summed E-state index contributed by atoms with van der Waals surface area (Å²) in [5.74, 6) is 0. The molecule has 2 aliphatic carbocycles. The Morgan fingerprint density at radius 2 is 0.857 bits per heavy atom. The number of rotatable bonds is 5. The van der Waals surface area contributed by atoms with Crippen LogP contribution in [0.3, 0.4) is 0 Å². The molecular formula is C38H34BCl2Zr. The van der Waals surface area contributed by atoms with Gasteiger partial charge in [0, 0.05) is 0 Å². The molecule has 0 aliphatic heterocycles. The molecule has 0 bridgehead atoms. The third kappa shape index (κ3) is 4.93. The van der Waals surface area contributed by atoms with Crippen molar-refractivity contribution in [2.75, 3.05) is 0 Å². The molecule has 7 rings (SSSR count). The number of allylic oxidation sites excluding steroid dienone is 2. The molecule has 5 aromatic rings. The molecule has 0 saturated heterocycles. The second-order valence-corrected chi connectivity index (χ2v) is 20.8. The van der Waals surface area contributed by atoms with Gasteiger partial charge in [0.2, 0.25) is 0 Å². The van der Waals surface area contributed by atoms with Crippen LogP contribution in [0.1, 0.15) is 43.4 Å². The van der Waals surface area contributed by atoms with Crippen molar-refractivity contribution >= 4 is 45.2 Å². The molecule has 0 nitrogen and oxygen atoms in total. The number of hydrogen-bond donors (Lipinski definition) is 0. The van der Waals surface area contributed by atoms with Crippen LogP contribution in [0, 0.1) is 0 Å². The SMILES string of the molecule is Cl.Cl.[BH]=[Zr]([c]1ccccc1)([CH]1C(C)=Cc2c(-c3ccccc3)cccc21)[CH]1C(C)=Cc2c(-c3ccccc3)cccc21. The van der Waals surface area contributed by atoms with Crippen LogP contribution < -0.4 is 3.27 Å². The first kappa shape index (κ1) is 30.6. The van der Waals surface area contributed by atoms with Gasteiger partial charge in [-0.05, 0) is 0 Å². The molecule has 0 saturated carbocycles. The van der Waals surface area contributed by atoms with Gasteiger partial charge in [-0.15, -0.1) is 24.8 Å². The zero-order chi connectivity index (χ0) is 27.3. The minimum atomic E-state index is -3.60. The second-order valence-electron chi connectivity index (χ2n) is 11.4. The Kier molecular flexibility index (Phi) is 9.01. The maximum atomic E-state index is 5.44. The van der Waals surface area contributed by atoms with Gasteiger partial charge in [0.05, 0.1) is 0 Å². The summed E-state index contributed by atoms with van der Waals surface area (Å²) in [5.41, 5.74) is 13.8. The van der Waals surface area contributed by atoms with E-state index in [0.29, 0.717) is 7.25 Å². The monoisotopic (exact) mass is 661 g/mol. The van der Waals surface area contributed by atoms with Gasteiger partial charge in [-0.3, -0.25) is 0 Å². The zero-order valence-electron chi connectivity index (χ0n) is 24.0. The summed E-state index contributed by atoms with van der Waals surface area (Å²) in [6.45, 7) is 4.71. The fourth-order valence-corrected chi connectivity index (χ4v) is 20.3. The van der Waals surface area contributed by atoms with Crippen LogP contribution in [-0.2, 0) is 19.5 Å². The molecule has 42 heavy (non-hydrogen) atoms. The van der Waals surface area contributed by atoms with Crippen LogP contribution >= 0.6 is 24.8 Å². The van der Waals surface area contributed by atoms with Gasteiger partial charge >= 0.3 is 244 Å². The van der Waals surface area contributed by atoms with Crippen molar-refractivity contribution in [3.05, 3.63) is 161 Å². The Morgan fingerprint density at radius 3 is 1.26 bits per heavy atom. The van der Waals surface area contributed by atoms with Gasteiger partial charge in [-0.25, -0.2) is 0 Å². The topological polar surface area (TPSA) is 0 Å². The van der Waals surface area contributed by atoms with Crippen LogP contribution in [0.2, 0.25) is 0 Å². The van der Waals surface area contributed by atoms with Crippen LogP contribution in [0.15, 0.2) is 139 Å². The average molecular weight is 664 g/mol. The van der Waals surface area contributed by atoms with E-state index < -0.39 is 19.5 Å². The molecule has 4 heteroatoms. The number of fused-ring (bicyclic) bond motifs is 2. The first-order chi connectivity index (χ1) is 19.6. The molecule has 0 N–H and O–H groups in total. The fraction of sp³-hybridized carbons (Fsp3) is 0.105. The summed E-state index contributed by atoms with van der Waals surface area (Å²) in [4.78, 5) is 5.44. The van der Waals surface area contributed by atoms with Gasteiger partial charge in [-0.2, -0.15) is 0 Å². The first-order valence-electron chi connectivity index (χ1n) is 14.2. The quantitative estimate of drug-likeness (QED) is 0.164. The molecular weight excluding hydrogens is 629 g/mol. The van der Waals surface area contributed by atoms with E-state index >= 15 is 0 Å². The van der Waals surface area contributed by atoms with Crippen LogP contribution in [0.4, 0.5) is 0 Å². The van der Waals surface area contributed by atoms with Gasteiger partial charge in [0.15, 0.2) is 0 Å². The Hall–Kier alpha value is -2.89. The van der Waals surface area contributed by atoms with Crippen LogP contribution in [0.25, 0.3) is 34.4 Å². The second kappa shape index (κ2) is 12.4.